The van der Waals surface area contributed by atoms with E-state index >= 15 is 0 Å². The lowest BCUT2D eigenvalue weighted by molar-refractivity contribution is -0.129. The zero-order valence-corrected chi connectivity index (χ0v) is 14.5. The highest BCUT2D eigenvalue weighted by Crippen LogP contribution is 2.15. The molecule has 0 aromatic carbocycles. The first kappa shape index (κ1) is 18.7. The Morgan fingerprint density at radius 1 is 1.27 bits per heavy atom. The van der Waals surface area contributed by atoms with Gasteiger partial charge in [-0.15, -0.1) is 0 Å². The molecule has 1 unspecified atom stereocenters. The molecule has 0 aromatic heterocycles. The average molecular weight is 314 g/mol. The number of nitrogens with zero attached hydrogens (tertiary/aromatic N) is 3. The molecule has 1 atom stereocenters. The van der Waals surface area contributed by atoms with E-state index in [1.165, 1.54) is 0 Å². The fourth-order valence-electron chi connectivity index (χ4n) is 2.37. The molecule has 0 spiro atoms. The van der Waals surface area contributed by atoms with E-state index in [-0.39, 0.29) is 18.0 Å². The summed E-state index contributed by atoms with van der Waals surface area (Å²) in [5, 5.41) is 0. The molecule has 2 N–H and O–H groups in total. The van der Waals surface area contributed by atoms with E-state index in [9.17, 15) is 9.59 Å². The van der Waals surface area contributed by atoms with Gasteiger partial charge in [0.2, 0.25) is 5.91 Å². The van der Waals surface area contributed by atoms with Gasteiger partial charge in [0.1, 0.15) is 5.60 Å². The van der Waals surface area contributed by atoms with Crippen LogP contribution in [0.3, 0.4) is 0 Å². The van der Waals surface area contributed by atoms with Crippen LogP contribution in [0.5, 0.6) is 0 Å². The predicted molar refractivity (Wildman–Crippen MR) is 85.5 cm³/mol. The predicted octanol–water partition coefficient (Wildman–Crippen LogP) is 0.345. The minimum absolute atomic E-state index is 0.0660. The summed E-state index contributed by atoms with van der Waals surface area (Å²) >= 11 is 0. The maximum atomic E-state index is 12.1. The van der Waals surface area contributed by atoms with Crippen LogP contribution in [-0.2, 0) is 9.53 Å². The highest BCUT2D eigenvalue weighted by Gasteiger charge is 2.31. The molecule has 0 bridgehead atoms. The van der Waals surface area contributed by atoms with Crippen molar-refractivity contribution in [2.45, 2.75) is 38.8 Å². The first-order valence-corrected chi connectivity index (χ1v) is 7.76. The van der Waals surface area contributed by atoms with Crippen molar-refractivity contribution in [2.75, 3.05) is 46.8 Å². The largest absolute Gasteiger partial charge is 0.444 e. The molecule has 1 fully saturated rings. The summed E-state index contributed by atoms with van der Waals surface area (Å²) in [7, 11) is 3.51. The van der Waals surface area contributed by atoms with Crippen LogP contribution in [0.1, 0.15) is 27.2 Å². The maximum Gasteiger partial charge on any atom is 0.410 e. The Morgan fingerprint density at radius 2 is 1.91 bits per heavy atom. The van der Waals surface area contributed by atoms with Crippen molar-refractivity contribution in [3.8, 4) is 0 Å². The lowest BCUT2D eigenvalue weighted by Crippen LogP contribution is -2.58. The Balaban J connectivity index is 2.53. The van der Waals surface area contributed by atoms with Gasteiger partial charge >= 0.3 is 6.09 Å². The van der Waals surface area contributed by atoms with Gasteiger partial charge in [-0.25, -0.2) is 4.79 Å². The highest BCUT2D eigenvalue weighted by atomic mass is 16.6. The second kappa shape index (κ2) is 7.78. The third-order valence-corrected chi connectivity index (χ3v) is 3.64. The zero-order valence-electron chi connectivity index (χ0n) is 14.5. The van der Waals surface area contributed by atoms with Gasteiger partial charge in [0.15, 0.2) is 0 Å². The zero-order chi connectivity index (χ0) is 16.9. The van der Waals surface area contributed by atoms with Crippen LogP contribution in [0.15, 0.2) is 0 Å². The van der Waals surface area contributed by atoms with Crippen molar-refractivity contribution in [1.82, 2.24) is 14.7 Å². The van der Waals surface area contributed by atoms with E-state index in [1.54, 1.807) is 23.9 Å². The monoisotopic (exact) mass is 314 g/mol. The lowest BCUT2D eigenvalue weighted by Gasteiger charge is -2.41. The van der Waals surface area contributed by atoms with Crippen LogP contribution in [-0.4, -0.2) is 85.2 Å². The van der Waals surface area contributed by atoms with Crippen LogP contribution >= 0.6 is 0 Å². The molecule has 1 rings (SSSR count). The number of ether oxygens (including phenoxy) is 1. The van der Waals surface area contributed by atoms with Gasteiger partial charge in [-0.05, 0) is 20.8 Å². The molecule has 1 aliphatic heterocycles. The SMILES string of the molecule is CN(C)C(=O)CCN1CCN(C(=O)OC(C)(C)C)CC1CN. The smallest absolute Gasteiger partial charge is 0.410 e. The van der Waals surface area contributed by atoms with Crippen molar-refractivity contribution < 1.29 is 14.3 Å². The summed E-state index contributed by atoms with van der Waals surface area (Å²) in [4.78, 5) is 29.3. The second-order valence-corrected chi connectivity index (χ2v) is 6.89. The van der Waals surface area contributed by atoms with Gasteiger partial charge in [-0.1, -0.05) is 0 Å². The summed E-state index contributed by atoms with van der Waals surface area (Å²) in [6.45, 7) is 8.54. The van der Waals surface area contributed by atoms with Crippen molar-refractivity contribution in [1.29, 1.82) is 0 Å². The standard InChI is InChI=1S/C15H30N4O3/c1-15(2,3)22-14(21)19-9-8-18(12(10-16)11-19)7-6-13(20)17(4)5/h12H,6-11,16H2,1-5H3. The first-order valence-electron chi connectivity index (χ1n) is 7.76. The first-order chi connectivity index (χ1) is 10.1. The quantitative estimate of drug-likeness (QED) is 0.810. The highest BCUT2D eigenvalue weighted by molar-refractivity contribution is 5.75. The van der Waals surface area contributed by atoms with Gasteiger partial charge in [0, 0.05) is 59.3 Å². The van der Waals surface area contributed by atoms with E-state index in [0.29, 0.717) is 39.1 Å². The molecule has 0 radical (unpaired) electrons. The molecular formula is C15H30N4O3. The third-order valence-electron chi connectivity index (χ3n) is 3.64. The summed E-state index contributed by atoms with van der Waals surface area (Å²) in [6.07, 6.45) is 0.172. The van der Waals surface area contributed by atoms with Crippen LogP contribution in [0.2, 0.25) is 0 Å². The third kappa shape index (κ3) is 5.81. The molecule has 1 heterocycles. The molecule has 1 saturated heterocycles. The summed E-state index contributed by atoms with van der Waals surface area (Å²) < 4.78 is 5.40. The summed E-state index contributed by atoms with van der Waals surface area (Å²) in [6, 6.07) is 0.0660. The number of nitrogens with two attached hydrogens (primary N) is 1. The van der Waals surface area contributed by atoms with Crippen LogP contribution < -0.4 is 5.73 Å². The van der Waals surface area contributed by atoms with Crippen molar-refractivity contribution >= 4 is 12.0 Å². The number of amides is 2. The molecule has 2 amide bonds. The Morgan fingerprint density at radius 3 is 2.41 bits per heavy atom. The van der Waals surface area contributed by atoms with Crippen LogP contribution in [0.25, 0.3) is 0 Å². The van der Waals surface area contributed by atoms with Gasteiger partial charge in [-0.2, -0.15) is 0 Å². The van der Waals surface area contributed by atoms with E-state index in [1.807, 2.05) is 20.8 Å². The van der Waals surface area contributed by atoms with Crippen LogP contribution in [0.4, 0.5) is 4.79 Å². The Bertz CT molecular complexity index is 393. The summed E-state index contributed by atoms with van der Waals surface area (Å²) in [5.41, 5.74) is 5.34. The maximum absolute atomic E-state index is 12.1. The minimum Gasteiger partial charge on any atom is -0.444 e. The van der Waals surface area contributed by atoms with Gasteiger partial charge < -0.3 is 20.3 Å². The fourth-order valence-corrected chi connectivity index (χ4v) is 2.37. The van der Waals surface area contributed by atoms with Crippen LogP contribution in [0, 0.1) is 0 Å². The van der Waals surface area contributed by atoms with Crippen molar-refractivity contribution in [3.05, 3.63) is 0 Å². The van der Waals surface area contributed by atoms with Gasteiger partial charge in [-0.3, -0.25) is 9.69 Å². The Labute approximate surface area is 133 Å². The average Bonchev–Trinajstić information content (AvgIpc) is 2.42. The number of hydrogen-bond donors (Lipinski definition) is 1. The van der Waals surface area contributed by atoms with E-state index in [0.717, 1.165) is 0 Å². The topological polar surface area (TPSA) is 79.1 Å². The Kier molecular flexibility index (Phi) is 6.62. The molecule has 7 heteroatoms. The molecular weight excluding hydrogens is 284 g/mol. The minimum atomic E-state index is -0.495. The number of carbonyl (C=O) groups is 2. The molecule has 128 valence electrons. The van der Waals surface area contributed by atoms with E-state index in [4.69, 9.17) is 10.5 Å². The Hall–Kier alpha value is -1.34. The molecule has 0 aromatic rings. The molecule has 0 saturated carbocycles. The van der Waals surface area contributed by atoms with E-state index in [2.05, 4.69) is 4.90 Å². The van der Waals surface area contributed by atoms with Gasteiger partial charge in [0.05, 0.1) is 0 Å². The number of piperazine rings is 1. The number of rotatable bonds is 4. The second-order valence-electron chi connectivity index (χ2n) is 6.89. The number of hydrogen-bond acceptors (Lipinski definition) is 5. The molecule has 1 aliphatic rings. The number of carbonyl (C=O) groups excluding carboxylic acids is 2. The summed E-state index contributed by atoms with van der Waals surface area (Å²) in [5.74, 6) is 0.102. The van der Waals surface area contributed by atoms with Crippen molar-refractivity contribution in [2.24, 2.45) is 5.73 Å². The van der Waals surface area contributed by atoms with Gasteiger partial charge in [0.25, 0.3) is 0 Å². The normalized spacial score (nSPS) is 19.9. The molecule has 0 aliphatic carbocycles. The van der Waals surface area contributed by atoms with Crippen molar-refractivity contribution in [3.63, 3.8) is 0 Å². The van der Waals surface area contributed by atoms with E-state index < -0.39 is 5.60 Å². The fraction of sp³-hybridized carbons (Fsp3) is 0.867. The molecule has 7 nitrogen and oxygen atoms in total. The lowest BCUT2D eigenvalue weighted by atomic mass is 10.1. The molecule has 22 heavy (non-hydrogen) atoms.